The number of carbonyl (C=O) groups is 2. The molecule has 0 aliphatic heterocycles. The molecule has 6 nitrogen and oxygen atoms in total. The lowest BCUT2D eigenvalue weighted by Crippen LogP contribution is -2.16. The van der Waals surface area contributed by atoms with E-state index in [0.717, 1.165) is 11.3 Å². The summed E-state index contributed by atoms with van der Waals surface area (Å²) in [6.07, 6.45) is 1.67. The molecule has 0 spiro atoms. The lowest BCUT2D eigenvalue weighted by molar-refractivity contribution is 0.0988. The van der Waals surface area contributed by atoms with E-state index in [1.165, 1.54) is 18.7 Å². The molecule has 0 aliphatic rings. The van der Waals surface area contributed by atoms with Crippen LogP contribution in [0.5, 0.6) is 0 Å². The first-order valence-electron chi connectivity index (χ1n) is 7.54. The number of hydrogen-bond donors (Lipinski definition) is 1. The second-order valence-corrected chi connectivity index (χ2v) is 7.23. The van der Waals surface area contributed by atoms with Crippen LogP contribution in [0.3, 0.4) is 0 Å². The SMILES string of the molecule is CC(=O)c1c(C)[nH]c(C(=O)[C@H](C)Sc2nncn2C(C)C)c1C. The van der Waals surface area contributed by atoms with Crippen molar-refractivity contribution in [2.24, 2.45) is 0 Å². The summed E-state index contributed by atoms with van der Waals surface area (Å²) < 4.78 is 1.93. The summed E-state index contributed by atoms with van der Waals surface area (Å²) in [4.78, 5) is 27.5. The molecule has 1 N–H and O–H groups in total. The van der Waals surface area contributed by atoms with Gasteiger partial charge in [-0.25, -0.2) is 0 Å². The molecule has 0 aromatic carbocycles. The molecule has 2 aromatic heterocycles. The van der Waals surface area contributed by atoms with Crippen molar-refractivity contribution in [2.75, 3.05) is 0 Å². The number of nitrogens with zero attached hydrogens (tertiary/aromatic N) is 3. The van der Waals surface area contributed by atoms with E-state index in [9.17, 15) is 9.59 Å². The second-order valence-electron chi connectivity index (χ2n) is 5.92. The highest BCUT2D eigenvalue weighted by molar-refractivity contribution is 8.00. The molecule has 0 unspecified atom stereocenters. The number of aromatic nitrogens is 4. The van der Waals surface area contributed by atoms with Crippen LogP contribution in [-0.2, 0) is 0 Å². The molecule has 1 atom stereocenters. The van der Waals surface area contributed by atoms with Crippen LogP contribution >= 0.6 is 11.8 Å². The Labute approximate surface area is 140 Å². The molecule has 2 aromatic rings. The van der Waals surface area contributed by atoms with E-state index in [1.54, 1.807) is 6.33 Å². The van der Waals surface area contributed by atoms with Crippen molar-refractivity contribution in [3.05, 3.63) is 28.8 Å². The number of thioether (sulfide) groups is 1. The van der Waals surface area contributed by atoms with Crippen molar-refractivity contribution in [3.63, 3.8) is 0 Å². The summed E-state index contributed by atoms with van der Waals surface area (Å²) in [5, 5.41) is 8.39. The molecular formula is C16H22N4O2S. The van der Waals surface area contributed by atoms with Crippen molar-refractivity contribution in [3.8, 4) is 0 Å². The summed E-state index contributed by atoms with van der Waals surface area (Å²) in [7, 11) is 0. The molecule has 0 amide bonds. The number of aromatic amines is 1. The minimum Gasteiger partial charge on any atom is -0.355 e. The monoisotopic (exact) mass is 334 g/mol. The number of carbonyl (C=O) groups excluding carboxylic acids is 2. The van der Waals surface area contributed by atoms with Crippen LogP contribution in [0, 0.1) is 13.8 Å². The molecule has 0 bridgehead atoms. The van der Waals surface area contributed by atoms with Crippen LogP contribution in [-0.4, -0.2) is 36.6 Å². The summed E-state index contributed by atoms with van der Waals surface area (Å²) in [5.74, 6) is -0.0726. The molecule has 0 saturated heterocycles. The fourth-order valence-corrected chi connectivity index (χ4v) is 3.62. The first kappa shape index (κ1) is 17.5. The van der Waals surface area contributed by atoms with Gasteiger partial charge in [-0.3, -0.25) is 9.59 Å². The van der Waals surface area contributed by atoms with Crippen molar-refractivity contribution < 1.29 is 9.59 Å². The van der Waals surface area contributed by atoms with Gasteiger partial charge in [0.25, 0.3) is 0 Å². The molecule has 0 aliphatic carbocycles. The zero-order valence-corrected chi connectivity index (χ0v) is 15.1. The van der Waals surface area contributed by atoms with Gasteiger partial charge in [-0.15, -0.1) is 10.2 Å². The third-order valence-electron chi connectivity index (χ3n) is 3.78. The Hall–Kier alpha value is -1.89. The minimum absolute atomic E-state index is 0.0323. The maximum atomic E-state index is 12.7. The van der Waals surface area contributed by atoms with Crippen molar-refractivity contribution in [1.82, 2.24) is 19.7 Å². The van der Waals surface area contributed by atoms with E-state index in [0.29, 0.717) is 16.4 Å². The topological polar surface area (TPSA) is 80.6 Å². The van der Waals surface area contributed by atoms with E-state index in [1.807, 2.05) is 39.2 Å². The number of Topliss-reactive ketones (excluding diaryl/α,β-unsaturated/α-hetero) is 2. The summed E-state index contributed by atoms with van der Waals surface area (Å²) in [6.45, 7) is 11.1. The number of nitrogens with one attached hydrogen (secondary N) is 1. The molecule has 2 rings (SSSR count). The maximum absolute atomic E-state index is 12.7. The fourth-order valence-electron chi connectivity index (χ4n) is 2.61. The van der Waals surface area contributed by atoms with Gasteiger partial charge in [-0.2, -0.15) is 0 Å². The normalized spacial score (nSPS) is 12.7. The molecule has 124 valence electrons. The number of ketones is 2. The standard InChI is InChI=1S/C16H22N4O2S/c1-8(2)20-7-17-19-16(20)23-12(6)15(22)14-9(3)13(11(5)21)10(4)18-14/h7-8,12,18H,1-6H3/t12-/m0/s1. The predicted octanol–water partition coefficient (Wildman–Crippen LogP) is 3.37. The van der Waals surface area contributed by atoms with Crippen LogP contribution in [0.25, 0.3) is 0 Å². The van der Waals surface area contributed by atoms with E-state index < -0.39 is 0 Å². The van der Waals surface area contributed by atoms with Gasteiger partial charge >= 0.3 is 0 Å². The highest BCUT2D eigenvalue weighted by Gasteiger charge is 2.25. The molecule has 0 radical (unpaired) electrons. The average Bonchev–Trinajstić information content (AvgIpc) is 3.02. The van der Waals surface area contributed by atoms with E-state index in [4.69, 9.17) is 0 Å². The Kier molecular flexibility index (Phi) is 5.09. The van der Waals surface area contributed by atoms with E-state index in [2.05, 4.69) is 15.2 Å². The van der Waals surface area contributed by atoms with Crippen LogP contribution < -0.4 is 0 Å². The Balaban J connectivity index is 2.25. The molecule has 0 saturated carbocycles. The average molecular weight is 334 g/mol. The number of rotatable bonds is 6. The van der Waals surface area contributed by atoms with Gasteiger partial charge in [-0.1, -0.05) is 11.8 Å². The number of H-pyrrole nitrogens is 1. The van der Waals surface area contributed by atoms with Crippen molar-refractivity contribution in [2.45, 2.75) is 58.0 Å². The van der Waals surface area contributed by atoms with Gasteiger partial charge in [0.1, 0.15) is 6.33 Å². The summed E-state index contributed by atoms with van der Waals surface area (Å²) >= 11 is 1.38. The maximum Gasteiger partial charge on any atom is 0.192 e. The highest BCUT2D eigenvalue weighted by atomic mass is 32.2. The van der Waals surface area contributed by atoms with Crippen LogP contribution in [0.4, 0.5) is 0 Å². The Morgan fingerprint density at radius 1 is 1.26 bits per heavy atom. The van der Waals surface area contributed by atoms with E-state index in [-0.39, 0.29) is 22.9 Å². The molecule has 2 heterocycles. The first-order valence-corrected chi connectivity index (χ1v) is 8.42. The van der Waals surface area contributed by atoms with Crippen LogP contribution in [0.15, 0.2) is 11.5 Å². The molecule has 7 heteroatoms. The smallest absolute Gasteiger partial charge is 0.192 e. The van der Waals surface area contributed by atoms with Gasteiger partial charge in [0.2, 0.25) is 0 Å². The molecule has 0 fully saturated rings. The minimum atomic E-state index is -0.326. The zero-order valence-electron chi connectivity index (χ0n) is 14.3. The summed E-state index contributed by atoms with van der Waals surface area (Å²) in [6, 6.07) is 0.230. The van der Waals surface area contributed by atoms with Gasteiger partial charge in [0, 0.05) is 17.3 Å². The predicted molar refractivity (Wildman–Crippen MR) is 90.3 cm³/mol. The van der Waals surface area contributed by atoms with Gasteiger partial charge < -0.3 is 9.55 Å². The van der Waals surface area contributed by atoms with Crippen LogP contribution in [0.1, 0.15) is 65.8 Å². The number of aryl methyl sites for hydroxylation is 1. The number of hydrogen-bond acceptors (Lipinski definition) is 5. The Morgan fingerprint density at radius 2 is 1.91 bits per heavy atom. The van der Waals surface area contributed by atoms with E-state index >= 15 is 0 Å². The lowest BCUT2D eigenvalue weighted by Gasteiger charge is -2.13. The largest absolute Gasteiger partial charge is 0.355 e. The fraction of sp³-hybridized carbons (Fsp3) is 0.500. The van der Waals surface area contributed by atoms with Crippen molar-refractivity contribution in [1.29, 1.82) is 0 Å². The Bertz CT molecular complexity index is 745. The van der Waals surface area contributed by atoms with Crippen LogP contribution in [0.2, 0.25) is 0 Å². The second kappa shape index (κ2) is 6.70. The third kappa shape index (κ3) is 3.39. The molecule has 23 heavy (non-hydrogen) atoms. The van der Waals surface area contributed by atoms with Gasteiger partial charge in [0.15, 0.2) is 16.7 Å². The van der Waals surface area contributed by atoms with Gasteiger partial charge in [-0.05, 0) is 47.1 Å². The summed E-state index contributed by atoms with van der Waals surface area (Å²) in [5.41, 5.74) is 2.57. The lowest BCUT2D eigenvalue weighted by atomic mass is 10.0. The Morgan fingerprint density at radius 3 is 2.43 bits per heavy atom. The highest BCUT2D eigenvalue weighted by Crippen LogP contribution is 2.28. The molecular weight excluding hydrogens is 312 g/mol. The first-order chi connectivity index (χ1) is 10.7. The van der Waals surface area contributed by atoms with Crippen molar-refractivity contribution >= 4 is 23.3 Å². The quantitative estimate of drug-likeness (QED) is 0.647. The third-order valence-corrected chi connectivity index (χ3v) is 4.85. The van der Waals surface area contributed by atoms with Gasteiger partial charge in [0.05, 0.1) is 10.9 Å². The zero-order chi connectivity index (χ0) is 17.3.